The van der Waals surface area contributed by atoms with Crippen molar-refractivity contribution in [1.29, 1.82) is 0 Å². The van der Waals surface area contributed by atoms with E-state index in [1.165, 1.54) is 0 Å². The number of nitrogens with one attached hydrogen (secondary N) is 1. The highest BCUT2D eigenvalue weighted by Crippen LogP contribution is 2.53. The molecule has 0 aromatic heterocycles. The fourth-order valence-electron chi connectivity index (χ4n) is 5.30. The van der Waals surface area contributed by atoms with Crippen molar-refractivity contribution in [2.45, 2.75) is 115 Å². The number of nitrogens with zero attached hydrogens (tertiary/aromatic N) is 1. The average Bonchev–Trinajstić information content (AvgIpc) is 2.90. The highest BCUT2D eigenvalue weighted by atomic mass is 16.6. The molecule has 2 aliphatic heterocycles. The summed E-state index contributed by atoms with van der Waals surface area (Å²) in [6, 6.07) is -1.24. The molecule has 1 spiro atoms. The van der Waals surface area contributed by atoms with Gasteiger partial charge >= 0.3 is 12.1 Å². The maximum absolute atomic E-state index is 13.5. The van der Waals surface area contributed by atoms with Gasteiger partial charge in [0.25, 0.3) is 0 Å². The summed E-state index contributed by atoms with van der Waals surface area (Å²) in [5.74, 6) is -0.194. The van der Waals surface area contributed by atoms with Gasteiger partial charge in [0, 0.05) is 5.54 Å². The summed E-state index contributed by atoms with van der Waals surface area (Å²) in [7, 11) is 0. The van der Waals surface area contributed by atoms with Crippen LogP contribution in [-0.4, -0.2) is 51.7 Å². The SMILES string of the molecule is CC(C)(C)OC(=O)N[C@H]1CC[C@]23CCCC[C@H]2C[C@@H](C(=O)OC(C)(C)C)N3C1=O. The van der Waals surface area contributed by atoms with Crippen LogP contribution in [0.5, 0.6) is 0 Å². The lowest BCUT2D eigenvalue weighted by molar-refractivity contribution is -0.169. The molecule has 0 aromatic carbocycles. The Kier molecular flexibility index (Phi) is 5.65. The molecule has 4 atom stereocenters. The molecule has 164 valence electrons. The third-order valence-electron chi connectivity index (χ3n) is 6.24. The first-order valence-corrected chi connectivity index (χ1v) is 10.9. The van der Waals surface area contributed by atoms with E-state index in [1.807, 2.05) is 20.8 Å². The second-order valence-electron chi connectivity index (χ2n) is 10.8. The Balaban J connectivity index is 1.82. The maximum atomic E-state index is 13.5. The second kappa shape index (κ2) is 7.47. The van der Waals surface area contributed by atoms with Crippen LogP contribution in [-0.2, 0) is 19.1 Å². The van der Waals surface area contributed by atoms with E-state index in [2.05, 4.69) is 5.32 Å². The summed E-state index contributed by atoms with van der Waals surface area (Å²) in [5, 5.41) is 2.73. The third-order valence-corrected chi connectivity index (χ3v) is 6.24. The molecule has 1 saturated carbocycles. The quantitative estimate of drug-likeness (QED) is 0.707. The van der Waals surface area contributed by atoms with Crippen molar-refractivity contribution >= 4 is 18.0 Å². The number of hydrogen-bond acceptors (Lipinski definition) is 5. The molecule has 0 radical (unpaired) electrons. The fourth-order valence-corrected chi connectivity index (χ4v) is 5.30. The smallest absolute Gasteiger partial charge is 0.408 e. The van der Waals surface area contributed by atoms with E-state index in [0.29, 0.717) is 18.8 Å². The number of rotatable bonds is 2. The van der Waals surface area contributed by atoms with Crippen LogP contribution in [0.3, 0.4) is 0 Å². The number of piperidine rings is 1. The molecular weight excluding hydrogens is 372 g/mol. The van der Waals surface area contributed by atoms with E-state index in [4.69, 9.17) is 9.47 Å². The molecule has 3 fully saturated rings. The van der Waals surface area contributed by atoms with E-state index in [0.717, 1.165) is 32.1 Å². The van der Waals surface area contributed by atoms with Gasteiger partial charge in [0.2, 0.25) is 5.91 Å². The summed E-state index contributed by atoms with van der Waals surface area (Å²) < 4.78 is 11.0. The lowest BCUT2D eigenvalue weighted by Gasteiger charge is -2.51. The normalized spacial score (nSPS) is 32.3. The van der Waals surface area contributed by atoms with Crippen molar-refractivity contribution in [3.63, 3.8) is 0 Å². The molecule has 0 unspecified atom stereocenters. The molecule has 2 heterocycles. The predicted octanol–water partition coefficient (Wildman–Crippen LogP) is 3.55. The maximum Gasteiger partial charge on any atom is 0.408 e. The molecule has 7 heteroatoms. The first-order valence-electron chi connectivity index (χ1n) is 10.9. The van der Waals surface area contributed by atoms with Crippen LogP contribution in [0.15, 0.2) is 0 Å². The minimum absolute atomic E-state index is 0.178. The summed E-state index contributed by atoms with van der Waals surface area (Å²) in [4.78, 5) is 40.5. The van der Waals surface area contributed by atoms with Crippen LogP contribution >= 0.6 is 0 Å². The number of amides is 2. The Bertz CT molecular complexity index is 678. The highest BCUT2D eigenvalue weighted by Gasteiger charge is 2.61. The molecule has 29 heavy (non-hydrogen) atoms. The van der Waals surface area contributed by atoms with E-state index in [9.17, 15) is 14.4 Å². The Morgan fingerprint density at radius 2 is 1.66 bits per heavy atom. The first kappa shape index (κ1) is 21.9. The zero-order valence-corrected chi connectivity index (χ0v) is 18.7. The van der Waals surface area contributed by atoms with Gasteiger partial charge in [-0.2, -0.15) is 0 Å². The van der Waals surface area contributed by atoms with Crippen LogP contribution in [0, 0.1) is 5.92 Å². The summed E-state index contributed by atoms with van der Waals surface area (Å²) >= 11 is 0. The van der Waals surface area contributed by atoms with Crippen molar-refractivity contribution in [3.05, 3.63) is 0 Å². The summed E-state index contributed by atoms with van der Waals surface area (Å²) in [6.45, 7) is 10.9. The number of alkyl carbamates (subject to hydrolysis) is 1. The molecule has 1 aliphatic carbocycles. The van der Waals surface area contributed by atoms with Gasteiger partial charge in [-0.15, -0.1) is 0 Å². The molecule has 0 bridgehead atoms. The first-order chi connectivity index (χ1) is 13.3. The van der Waals surface area contributed by atoms with Gasteiger partial charge in [-0.25, -0.2) is 9.59 Å². The van der Waals surface area contributed by atoms with Crippen molar-refractivity contribution < 1.29 is 23.9 Å². The standard InChI is InChI=1S/C22H36N2O5/c1-20(2,3)28-18(26)16-13-14-9-7-8-11-22(14)12-10-15(17(25)24(16)22)23-19(27)29-21(4,5)6/h14-16H,7-13H2,1-6H3,(H,23,27)/t14-,15-,16-,22+/m0/s1. The van der Waals surface area contributed by atoms with Gasteiger partial charge in [0.15, 0.2) is 0 Å². The molecule has 2 saturated heterocycles. The van der Waals surface area contributed by atoms with Crippen molar-refractivity contribution in [2.75, 3.05) is 0 Å². The largest absolute Gasteiger partial charge is 0.458 e. The Hall–Kier alpha value is -1.79. The van der Waals surface area contributed by atoms with Crippen molar-refractivity contribution in [2.24, 2.45) is 5.92 Å². The minimum Gasteiger partial charge on any atom is -0.458 e. The lowest BCUT2D eigenvalue weighted by Crippen LogP contribution is -2.65. The van der Waals surface area contributed by atoms with E-state index in [1.54, 1.807) is 25.7 Å². The van der Waals surface area contributed by atoms with Crippen molar-refractivity contribution in [3.8, 4) is 0 Å². The van der Waals surface area contributed by atoms with Crippen LogP contribution < -0.4 is 5.32 Å². The van der Waals surface area contributed by atoms with Crippen LogP contribution in [0.4, 0.5) is 4.79 Å². The van der Waals surface area contributed by atoms with Gasteiger partial charge < -0.3 is 19.7 Å². The molecule has 3 rings (SSSR count). The Morgan fingerprint density at radius 3 is 2.28 bits per heavy atom. The van der Waals surface area contributed by atoms with E-state index < -0.39 is 29.4 Å². The number of carbonyl (C=O) groups excluding carboxylic acids is 3. The second-order valence-corrected chi connectivity index (χ2v) is 10.8. The third kappa shape index (κ3) is 4.53. The predicted molar refractivity (Wildman–Crippen MR) is 108 cm³/mol. The van der Waals surface area contributed by atoms with Gasteiger partial charge in [0.1, 0.15) is 23.3 Å². The zero-order valence-electron chi connectivity index (χ0n) is 18.7. The van der Waals surface area contributed by atoms with Gasteiger partial charge in [-0.3, -0.25) is 4.79 Å². The molecule has 1 N–H and O–H groups in total. The number of esters is 1. The lowest BCUT2D eigenvalue weighted by atomic mass is 9.69. The van der Waals surface area contributed by atoms with Crippen molar-refractivity contribution in [1.82, 2.24) is 10.2 Å². The summed E-state index contributed by atoms with van der Waals surface area (Å²) in [5.41, 5.74) is -1.52. The molecule has 3 aliphatic rings. The van der Waals surface area contributed by atoms with Gasteiger partial charge in [-0.1, -0.05) is 12.8 Å². The molecule has 2 amide bonds. The van der Waals surface area contributed by atoms with Gasteiger partial charge in [0.05, 0.1) is 0 Å². The zero-order chi connectivity index (χ0) is 21.6. The molecule has 0 aromatic rings. The van der Waals surface area contributed by atoms with Crippen LogP contribution in [0.25, 0.3) is 0 Å². The fraction of sp³-hybridized carbons (Fsp3) is 0.864. The minimum atomic E-state index is -0.666. The monoisotopic (exact) mass is 408 g/mol. The van der Waals surface area contributed by atoms with Crippen LogP contribution in [0.2, 0.25) is 0 Å². The van der Waals surface area contributed by atoms with E-state index in [-0.39, 0.29) is 17.4 Å². The Labute approximate surface area is 173 Å². The molecule has 7 nitrogen and oxygen atoms in total. The Morgan fingerprint density at radius 1 is 1.00 bits per heavy atom. The number of carbonyl (C=O) groups is 3. The van der Waals surface area contributed by atoms with Crippen LogP contribution in [0.1, 0.15) is 86.5 Å². The number of hydrogen-bond donors (Lipinski definition) is 1. The number of ether oxygens (including phenoxy) is 2. The highest BCUT2D eigenvalue weighted by molar-refractivity contribution is 5.92. The topological polar surface area (TPSA) is 84.9 Å². The summed E-state index contributed by atoms with van der Waals surface area (Å²) in [6.07, 6.45) is 5.57. The molecular formula is C22H36N2O5. The van der Waals surface area contributed by atoms with Gasteiger partial charge in [-0.05, 0) is 79.6 Å². The van der Waals surface area contributed by atoms with E-state index >= 15 is 0 Å². The average molecular weight is 409 g/mol.